The summed E-state index contributed by atoms with van der Waals surface area (Å²) < 4.78 is 32.3. The van der Waals surface area contributed by atoms with E-state index in [2.05, 4.69) is 9.88 Å². The highest BCUT2D eigenvalue weighted by Gasteiger charge is 2.27. The minimum atomic E-state index is -3.54. The molecule has 1 fully saturated rings. The first-order valence-corrected chi connectivity index (χ1v) is 10.3. The Morgan fingerprint density at radius 2 is 1.85 bits per heavy atom. The van der Waals surface area contributed by atoms with Crippen LogP contribution in [0.15, 0.2) is 47.5 Å². The number of benzene rings is 1. The molecular weight excluding hydrogens is 374 g/mol. The van der Waals surface area contributed by atoms with Crippen molar-refractivity contribution in [3.63, 3.8) is 0 Å². The molecule has 2 aromatic rings. The Hall–Kier alpha value is -1.67. The van der Waals surface area contributed by atoms with E-state index in [4.69, 9.17) is 16.3 Å². The van der Waals surface area contributed by atoms with Crippen LogP contribution in [-0.2, 0) is 16.6 Å². The van der Waals surface area contributed by atoms with Crippen molar-refractivity contribution in [2.75, 3.05) is 33.3 Å². The minimum Gasteiger partial charge on any atom is -0.497 e. The Balaban J connectivity index is 1.64. The third-order valence-corrected chi connectivity index (χ3v) is 6.56. The molecule has 0 saturated carbocycles. The molecule has 1 saturated heterocycles. The van der Waals surface area contributed by atoms with Crippen molar-refractivity contribution >= 4 is 21.6 Å². The maximum atomic E-state index is 12.8. The third kappa shape index (κ3) is 4.54. The molecule has 6 nitrogen and oxygen atoms in total. The largest absolute Gasteiger partial charge is 0.497 e. The van der Waals surface area contributed by atoms with Gasteiger partial charge in [-0.15, -0.1) is 0 Å². The summed E-state index contributed by atoms with van der Waals surface area (Å²) in [6.45, 7) is 3.30. The van der Waals surface area contributed by atoms with Gasteiger partial charge in [0.05, 0.1) is 7.11 Å². The smallest absolute Gasteiger partial charge is 0.244 e. The van der Waals surface area contributed by atoms with Crippen molar-refractivity contribution in [2.45, 2.75) is 17.9 Å². The summed E-state index contributed by atoms with van der Waals surface area (Å²) in [7, 11) is -1.89. The molecule has 2 heterocycles. The van der Waals surface area contributed by atoms with Crippen LogP contribution in [0.3, 0.4) is 0 Å². The van der Waals surface area contributed by atoms with Crippen molar-refractivity contribution in [1.82, 2.24) is 14.2 Å². The predicted molar refractivity (Wildman–Crippen MR) is 101 cm³/mol. The molecule has 0 spiro atoms. The van der Waals surface area contributed by atoms with Gasteiger partial charge in [-0.05, 0) is 42.8 Å². The molecule has 0 aliphatic carbocycles. The zero-order valence-corrected chi connectivity index (χ0v) is 16.2. The number of halogens is 1. The molecule has 140 valence electrons. The van der Waals surface area contributed by atoms with Crippen LogP contribution in [0.4, 0.5) is 0 Å². The molecule has 3 rings (SSSR count). The first kappa shape index (κ1) is 19.1. The summed E-state index contributed by atoms with van der Waals surface area (Å²) in [5.41, 5.74) is 1.18. The van der Waals surface area contributed by atoms with Crippen molar-refractivity contribution in [3.05, 3.63) is 53.3 Å². The number of sulfonamides is 1. The van der Waals surface area contributed by atoms with Crippen LogP contribution < -0.4 is 4.74 Å². The van der Waals surface area contributed by atoms with E-state index in [9.17, 15) is 8.42 Å². The van der Waals surface area contributed by atoms with E-state index in [0.717, 1.165) is 25.3 Å². The van der Waals surface area contributed by atoms with E-state index < -0.39 is 10.0 Å². The third-order valence-electron chi connectivity index (χ3n) is 4.45. The highest BCUT2D eigenvalue weighted by molar-refractivity contribution is 7.89. The lowest BCUT2D eigenvalue weighted by Crippen LogP contribution is -2.35. The second-order valence-corrected chi connectivity index (χ2v) is 8.52. The number of nitrogens with zero attached hydrogens (tertiary/aromatic N) is 3. The fraction of sp³-hybridized carbons (Fsp3) is 0.389. The fourth-order valence-electron chi connectivity index (χ4n) is 3.00. The number of rotatable bonds is 5. The van der Waals surface area contributed by atoms with Crippen LogP contribution in [0, 0.1) is 0 Å². The summed E-state index contributed by atoms with van der Waals surface area (Å²) in [6.07, 6.45) is 2.11. The molecule has 0 bridgehead atoms. The Labute approximate surface area is 159 Å². The number of hydrogen-bond donors (Lipinski definition) is 0. The summed E-state index contributed by atoms with van der Waals surface area (Å²) in [5, 5.41) is 0.283. The van der Waals surface area contributed by atoms with Gasteiger partial charge in [0.15, 0.2) is 0 Å². The highest BCUT2D eigenvalue weighted by atomic mass is 35.5. The standard InChI is InChI=1S/C18H22ClN3O3S/c1-25-16-5-3-15(4-6-16)14-21-9-2-10-22(12-11-21)26(23,24)17-7-8-18(19)20-13-17/h3-8,13H,2,9-12,14H2,1H3. The topological polar surface area (TPSA) is 62.7 Å². The molecule has 1 aromatic carbocycles. The molecule has 1 aliphatic rings. The van der Waals surface area contributed by atoms with E-state index in [-0.39, 0.29) is 10.0 Å². The lowest BCUT2D eigenvalue weighted by atomic mass is 10.2. The molecule has 0 unspecified atom stereocenters. The van der Waals surface area contributed by atoms with E-state index >= 15 is 0 Å². The van der Waals surface area contributed by atoms with Gasteiger partial charge in [-0.3, -0.25) is 4.90 Å². The highest BCUT2D eigenvalue weighted by Crippen LogP contribution is 2.19. The van der Waals surface area contributed by atoms with Crippen LogP contribution in [0.25, 0.3) is 0 Å². The molecular formula is C18H22ClN3O3S. The lowest BCUT2D eigenvalue weighted by molar-refractivity contribution is 0.278. The summed E-state index contributed by atoms with van der Waals surface area (Å²) >= 11 is 5.75. The van der Waals surface area contributed by atoms with Gasteiger partial charge in [-0.2, -0.15) is 4.31 Å². The van der Waals surface area contributed by atoms with Crippen LogP contribution in [-0.4, -0.2) is 55.9 Å². The van der Waals surface area contributed by atoms with E-state index in [0.29, 0.717) is 19.6 Å². The Morgan fingerprint density at radius 3 is 2.50 bits per heavy atom. The average molecular weight is 396 g/mol. The molecule has 1 aliphatic heterocycles. The molecule has 1 aromatic heterocycles. The predicted octanol–water partition coefficient (Wildman–Crippen LogP) is 2.64. The number of ether oxygens (including phenoxy) is 1. The number of aromatic nitrogens is 1. The van der Waals surface area contributed by atoms with E-state index in [1.165, 1.54) is 28.2 Å². The number of pyridine rings is 1. The number of hydrogen-bond acceptors (Lipinski definition) is 5. The van der Waals surface area contributed by atoms with Gasteiger partial charge in [-0.25, -0.2) is 13.4 Å². The lowest BCUT2D eigenvalue weighted by Gasteiger charge is -2.21. The summed E-state index contributed by atoms with van der Waals surface area (Å²) in [4.78, 5) is 6.35. The second kappa shape index (κ2) is 8.35. The zero-order valence-electron chi connectivity index (χ0n) is 14.6. The van der Waals surface area contributed by atoms with Gasteiger partial charge in [0, 0.05) is 32.4 Å². The molecule has 0 amide bonds. The van der Waals surface area contributed by atoms with Crippen LogP contribution in [0.2, 0.25) is 5.15 Å². The maximum absolute atomic E-state index is 12.8. The molecule has 0 atom stereocenters. The minimum absolute atomic E-state index is 0.186. The van der Waals surface area contributed by atoms with Crippen molar-refractivity contribution in [3.8, 4) is 5.75 Å². The SMILES string of the molecule is COc1ccc(CN2CCCN(S(=O)(=O)c3ccc(Cl)nc3)CC2)cc1. The van der Waals surface area contributed by atoms with Gasteiger partial charge in [0.1, 0.15) is 15.8 Å². The first-order valence-electron chi connectivity index (χ1n) is 8.46. The molecule has 26 heavy (non-hydrogen) atoms. The summed E-state index contributed by atoms with van der Waals surface area (Å²) in [5.74, 6) is 0.832. The maximum Gasteiger partial charge on any atom is 0.244 e. The fourth-order valence-corrected chi connectivity index (χ4v) is 4.53. The zero-order chi connectivity index (χ0) is 18.6. The average Bonchev–Trinajstić information content (AvgIpc) is 2.89. The van der Waals surface area contributed by atoms with Crippen molar-refractivity contribution in [1.29, 1.82) is 0 Å². The van der Waals surface area contributed by atoms with Crippen LogP contribution in [0.5, 0.6) is 5.75 Å². The first-order chi connectivity index (χ1) is 12.5. The number of methoxy groups -OCH3 is 1. The van der Waals surface area contributed by atoms with Crippen molar-refractivity contribution < 1.29 is 13.2 Å². The summed E-state index contributed by atoms with van der Waals surface area (Å²) in [6, 6.07) is 11.0. The van der Waals surface area contributed by atoms with E-state index in [1.807, 2.05) is 24.3 Å². The van der Waals surface area contributed by atoms with Gasteiger partial charge in [-0.1, -0.05) is 23.7 Å². The van der Waals surface area contributed by atoms with Crippen LogP contribution in [0.1, 0.15) is 12.0 Å². The van der Waals surface area contributed by atoms with Crippen molar-refractivity contribution in [2.24, 2.45) is 0 Å². The Bertz CT molecular complexity index is 826. The normalized spacial score (nSPS) is 17.0. The second-order valence-electron chi connectivity index (χ2n) is 6.20. The monoisotopic (exact) mass is 395 g/mol. The van der Waals surface area contributed by atoms with E-state index in [1.54, 1.807) is 7.11 Å². The van der Waals surface area contributed by atoms with Gasteiger partial charge in [0.25, 0.3) is 0 Å². The van der Waals surface area contributed by atoms with Gasteiger partial charge in [0.2, 0.25) is 10.0 Å². The van der Waals surface area contributed by atoms with Gasteiger partial charge < -0.3 is 4.74 Å². The Morgan fingerprint density at radius 1 is 1.08 bits per heavy atom. The molecule has 0 N–H and O–H groups in total. The Kier molecular flexibility index (Phi) is 6.13. The molecule has 0 radical (unpaired) electrons. The van der Waals surface area contributed by atoms with Crippen LogP contribution >= 0.6 is 11.6 Å². The quantitative estimate of drug-likeness (QED) is 0.728. The molecule has 8 heteroatoms. The van der Waals surface area contributed by atoms with Gasteiger partial charge >= 0.3 is 0 Å².